The lowest BCUT2D eigenvalue weighted by atomic mass is 9.83. The molecule has 0 aromatic heterocycles. The monoisotopic (exact) mass is 380 g/mol. The van der Waals surface area contributed by atoms with Gasteiger partial charge in [0.2, 0.25) is 0 Å². The standard InChI is InChI=1S/C12H17F.C11H14F2.CH4/c1-8-9(2)11(13)7-6-10(8)12(3,4)5;1-7-9(12)6-5-8(10(7)13)11(2,3)4;/h6-7H,1-5H3;5-6H,1-4H3;1H4. The molecule has 0 amide bonds. The Morgan fingerprint density at radius 2 is 0.926 bits per heavy atom. The molecule has 2 aromatic carbocycles. The highest BCUT2D eigenvalue weighted by molar-refractivity contribution is 5.38. The van der Waals surface area contributed by atoms with Gasteiger partial charge < -0.3 is 0 Å². The molecule has 2 rings (SSSR count). The first-order chi connectivity index (χ1) is 11.7. The fraction of sp³-hybridized carbons (Fsp3) is 0.500. The third-order valence-corrected chi connectivity index (χ3v) is 4.66. The lowest BCUT2D eigenvalue weighted by molar-refractivity contribution is 0.503. The fourth-order valence-corrected chi connectivity index (χ4v) is 2.84. The van der Waals surface area contributed by atoms with Crippen LogP contribution in [0.25, 0.3) is 0 Å². The summed E-state index contributed by atoms with van der Waals surface area (Å²) >= 11 is 0. The third-order valence-electron chi connectivity index (χ3n) is 4.66. The maximum Gasteiger partial charge on any atom is 0.132 e. The van der Waals surface area contributed by atoms with Gasteiger partial charge in [-0.15, -0.1) is 0 Å². The van der Waals surface area contributed by atoms with Crippen LogP contribution in [0.4, 0.5) is 13.2 Å². The Bertz CT molecular complexity index is 708. The molecule has 0 atom stereocenters. The SMILES string of the molecule is C.Cc1c(F)ccc(C(C)(C)C)c1C.Cc1c(F)ccc(C(C)(C)C)c1F. The van der Waals surface area contributed by atoms with Crippen LogP contribution in [0.2, 0.25) is 0 Å². The van der Waals surface area contributed by atoms with Crippen LogP contribution in [-0.4, -0.2) is 0 Å². The number of halogens is 3. The Morgan fingerprint density at radius 3 is 1.33 bits per heavy atom. The van der Waals surface area contributed by atoms with Crippen molar-refractivity contribution in [3.05, 3.63) is 69.5 Å². The van der Waals surface area contributed by atoms with Crippen molar-refractivity contribution >= 4 is 0 Å². The quantitative estimate of drug-likeness (QED) is 0.435. The van der Waals surface area contributed by atoms with Gasteiger partial charge in [0.05, 0.1) is 0 Å². The van der Waals surface area contributed by atoms with E-state index in [1.165, 1.54) is 24.6 Å². The molecule has 0 fully saturated rings. The summed E-state index contributed by atoms with van der Waals surface area (Å²) in [6.45, 7) is 17.4. The van der Waals surface area contributed by atoms with Crippen LogP contribution in [0.5, 0.6) is 0 Å². The predicted molar refractivity (Wildman–Crippen MR) is 111 cm³/mol. The van der Waals surface area contributed by atoms with Gasteiger partial charge in [-0.1, -0.05) is 61.1 Å². The maximum absolute atomic E-state index is 13.5. The second kappa shape index (κ2) is 8.95. The van der Waals surface area contributed by atoms with E-state index in [1.54, 1.807) is 6.07 Å². The molecule has 0 saturated heterocycles. The van der Waals surface area contributed by atoms with Crippen molar-refractivity contribution in [1.82, 2.24) is 0 Å². The van der Waals surface area contributed by atoms with Gasteiger partial charge in [-0.2, -0.15) is 0 Å². The normalized spacial score (nSPS) is 11.4. The summed E-state index contributed by atoms with van der Waals surface area (Å²) in [7, 11) is 0. The van der Waals surface area contributed by atoms with E-state index in [4.69, 9.17) is 0 Å². The molecule has 0 radical (unpaired) electrons. The molecular weight excluding hydrogens is 345 g/mol. The summed E-state index contributed by atoms with van der Waals surface area (Å²) in [5.41, 5.74) is 3.57. The average Bonchev–Trinajstić information content (AvgIpc) is 2.48. The first-order valence-corrected chi connectivity index (χ1v) is 8.89. The number of benzene rings is 2. The minimum absolute atomic E-state index is 0. The molecule has 0 nitrogen and oxygen atoms in total. The van der Waals surface area contributed by atoms with Crippen molar-refractivity contribution in [1.29, 1.82) is 0 Å². The molecule has 0 spiro atoms. The van der Waals surface area contributed by atoms with Crippen molar-refractivity contribution in [3.8, 4) is 0 Å². The highest BCUT2D eigenvalue weighted by Gasteiger charge is 2.20. The van der Waals surface area contributed by atoms with Gasteiger partial charge in [0.25, 0.3) is 0 Å². The van der Waals surface area contributed by atoms with Gasteiger partial charge in [-0.25, -0.2) is 13.2 Å². The van der Waals surface area contributed by atoms with E-state index in [2.05, 4.69) is 20.8 Å². The third kappa shape index (κ3) is 6.12. The van der Waals surface area contributed by atoms with Gasteiger partial charge >= 0.3 is 0 Å². The first kappa shape index (κ1) is 25.2. The Balaban J connectivity index is 0.000000483. The van der Waals surface area contributed by atoms with E-state index in [0.29, 0.717) is 5.56 Å². The summed E-state index contributed by atoms with van der Waals surface area (Å²) in [4.78, 5) is 0. The second-order valence-corrected chi connectivity index (χ2v) is 8.88. The molecular formula is C24H35F3. The number of hydrogen-bond acceptors (Lipinski definition) is 0. The van der Waals surface area contributed by atoms with Crippen LogP contribution in [0, 0.1) is 38.2 Å². The maximum atomic E-state index is 13.5. The van der Waals surface area contributed by atoms with Crippen molar-refractivity contribution < 1.29 is 13.2 Å². The average molecular weight is 381 g/mol. The van der Waals surface area contributed by atoms with Crippen LogP contribution in [0.3, 0.4) is 0 Å². The van der Waals surface area contributed by atoms with Gasteiger partial charge in [-0.05, 0) is 66.0 Å². The molecule has 0 bridgehead atoms. The highest BCUT2D eigenvalue weighted by Crippen LogP contribution is 2.28. The Morgan fingerprint density at radius 1 is 0.556 bits per heavy atom. The predicted octanol–water partition coefficient (Wildman–Crippen LogP) is 7.95. The lowest BCUT2D eigenvalue weighted by Crippen LogP contribution is -2.14. The van der Waals surface area contributed by atoms with E-state index < -0.39 is 11.6 Å². The van der Waals surface area contributed by atoms with Gasteiger partial charge in [0, 0.05) is 5.56 Å². The molecule has 0 saturated carbocycles. The van der Waals surface area contributed by atoms with E-state index >= 15 is 0 Å². The van der Waals surface area contributed by atoms with Crippen LogP contribution >= 0.6 is 0 Å². The van der Waals surface area contributed by atoms with E-state index in [1.807, 2.05) is 40.7 Å². The second-order valence-electron chi connectivity index (χ2n) is 8.88. The molecule has 0 heterocycles. The first-order valence-electron chi connectivity index (χ1n) is 8.89. The van der Waals surface area contributed by atoms with Crippen LogP contribution in [0.15, 0.2) is 24.3 Å². The zero-order valence-electron chi connectivity index (χ0n) is 17.4. The summed E-state index contributed by atoms with van der Waals surface area (Å²) in [5, 5.41) is 0. The summed E-state index contributed by atoms with van der Waals surface area (Å²) in [5.74, 6) is -1.01. The molecule has 3 heteroatoms. The van der Waals surface area contributed by atoms with Gasteiger partial charge in [-0.3, -0.25) is 0 Å². The zero-order chi connectivity index (χ0) is 20.4. The zero-order valence-corrected chi connectivity index (χ0v) is 17.4. The van der Waals surface area contributed by atoms with E-state index in [0.717, 1.165) is 11.1 Å². The van der Waals surface area contributed by atoms with Crippen molar-refractivity contribution in [3.63, 3.8) is 0 Å². The molecule has 0 N–H and O–H groups in total. The van der Waals surface area contributed by atoms with Crippen LogP contribution in [0.1, 0.15) is 76.8 Å². The fourth-order valence-electron chi connectivity index (χ4n) is 2.84. The van der Waals surface area contributed by atoms with Crippen LogP contribution in [-0.2, 0) is 10.8 Å². The summed E-state index contributed by atoms with van der Waals surface area (Å²) in [6.07, 6.45) is 0. The van der Waals surface area contributed by atoms with Gasteiger partial charge in [0.1, 0.15) is 17.5 Å². The topological polar surface area (TPSA) is 0 Å². The van der Waals surface area contributed by atoms with Crippen molar-refractivity contribution in [2.45, 2.75) is 80.6 Å². The van der Waals surface area contributed by atoms with Crippen molar-refractivity contribution in [2.24, 2.45) is 0 Å². The number of rotatable bonds is 0. The highest BCUT2D eigenvalue weighted by atomic mass is 19.1. The van der Waals surface area contributed by atoms with Gasteiger partial charge in [0.15, 0.2) is 0 Å². The minimum atomic E-state index is -0.481. The largest absolute Gasteiger partial charge is 0.207 e. The molecule has 2 aromatic rings. The molecule has 0 unspecified atom stereocenters. The molecule has 0 aliphatic heterocycles. The van der Waals surface area contributed by atoms with Crippen LogP contribution < -0.4 is 0 Å². The molecule has 152 valence electrons. The summed E-state index contributed by atoms with van der Waals surface area (Å²) < 4.78 is 39.6. The molecule has 0 aliphatic rings. The Labute approximate surface area is 163 Å². The molecule has 27 heavy (non-hydrogen) atoms. The van der Waals surface area contributed by atoms with E-state index in [-0.39, 0.29) is 29.6 Å². The Kier molecular flexibility index (Phi) is 8.36. The Hall–Kier alpha value is -1.77. The minimum Gasteiger partial charge on any atom is -0.207 e. The summed E-state index contributed by atoms with van der Waals surface area (Å²) in [6, 6.07) is 6.28. The number of hydrogen-bond donors (Lipinski definition) is 0. The van der Waals surface area contributed by atoms with E-state index in [9.17, 15) is 13.2 Å². The molecule has 0 aliphatic carbocycles. The van der Waals surface area contributed by atoms with Crippen molar-refractivity contribution in [2.75, 3.05) is 0 Å². The smallest absolute Gasteiger partial charge is 0.132 e. The lowest BCUT2D eigenvalue weighted by Gasteiger charge is -2.22.